The van der Waals surface area contributed by atoms with Gasteiger partial charge >= 0.3 is 6.98 Å². The molecular weight excluding hydrogens is 264 g/mol. The zero-order valence-corrected chi connectivity index (χ0v) is 11.4. The van der Waals surface area contributed by atoms with E-state index in [-0.39, 0.29) is 12.4 Å². The summed E-state index contributed by atoms with van der Waals surface area (Å²) in [6.45, 7) is -1.40. The van der Waals surface area contributed by atoms with Gasteiger partial charge in [0.15, 0.2) is 0 Å². The minimum Gasteiger partial charge on any atom is -0.492 e. The van der Waals surface area contributed by atoms with Gasteiger partial charge in [-0.15, -0.1) is 0 Å². The Morgan fingerprint density at radius 3 is 2.35 bits per heavy atom. The molecule has 0 aliphatic carbocycles. The highest BCUT2D eigenvalue weighted by Crippen LogP contribution is 2.20. The first-order valence-corrected chi connectivity index (χ1v) is 6.36. The third-order valence-corrected chi connectivity index (χ3v) is 3.16. The van der Waals surface area contributed by atoms with Gasteiger partial charge in [0.2, 0.25) is 0 Å². The average Bonchev–Trinajstić information content (AvgIpc) is 2.38. The quantitative estimate of drug-likeness (QED) is 0.770. The molecule has 0 unspecified atom stereocenters. The van der Waals surface area contributed by atoms with Crippen LogP contribution in [0.4, 0.5) is 12.9 Å². The van der Waals surface area contributed by atoms with Gasteiger partial charge in [-0.05, 0) is 31.0 Å². The van der Waals surface area contributed by atoms with Crippen molar-refractivity contribution >= 4 is 12.4 Å². The Kier molecular flexibility index (Phi) is 4.07. The number of ether oxygens (including phenoxy) is 1. The van der Waals surface area contributed by atoms with E-state index < -0.39 is 12.4 Å². The third-order valence-electron chi connectivity index (χ3n) is 3.16. The molecule has 0 saturated carbocycles. The zero-order valence-electron chi connectivity index (χ0n) is 11.4. The summed E-state index contributed by atoms with van der Waals surface area (Å²) in [5.74, 6) is -0.105. The molecule has 0 aromatic heterocycles. The van der Waals surface area contributed by atoms with E-state index in [2.05, 4.69) is 0 Å². The molecule has 0 atom stereocenters. The largest absolute Gasteiger partial charge is 0.513 e. The van der Waals surface area contributed by atoms with Crippen molar-refractivity contribution in [2.75, 3.05) is 0 Å². The van der Waals surface area contributed by atoms with Crippen LogP contribution in [0.25, 0.3) is 0 Å². The Morgan fingerprint density at radius 1 is 1.00 bits per heavy atom. The molecule has 0 fully saturated rings. The minimum atomic E-state index is -5.07. The van der Waals surface area contributed by atoms with Crippen molar-refractivity contribution in [1.82, 2.24) is 0 Å². The smallest absolute Gasteiger partial charge is 0.492 e. The van der Waals surface area contributed by atoms with Crippen LogP contribution in [-0.4, -0.2) is 6.98 Å². The number of rotatable bonds is 4. The van der Waals surface area contributed by atoms with E-state index in [0.29, 0.717) is 5.56 Å². The maximum absolute atomic E-state index is 13.0. The fourth-order valence-electron chi connectivity index (χ4n) is 1.98. The first-order valence-electron chi connectivity index (χ1n) is 6.36. The standard InChI is InChI=1S/C15H15BF3O/c1-11-7-8-15(14(9-11)16(17,18)19)20-10-13-6-4-3-5-12(13)2/h3-9H,10H2,1-2H3/q-1. The van der Waals surface area contributed by atoms with Gasteiger partial charge in [-0.1, -0.05) is 47.4 Å². The molecule has 2 aromatic rings. The van der Waals surface area contributed by atoms with Crippen LogP contribution < -0.4 is 10.2 Å². The highest BCUT2D eigenvalue weighted by Gasteiger charge is 2.29. The van der Waals surface area contributed by atoms with E-state index in [1.54, 1.807) is 13.0 Å². The van der Waals surface area contributed by atoms with Gasteiger partial charge in [0.05, 0.1) is 5.75 Å². The molecule has 5 heteroatoms. The molecule has 0 aliphatic heterocycles. The number of aryl methyl sites for hydroxylation is 2. The molecule has 0 spiro atoms. The van der Waals surface area contributed by atoms with Crippen molar-refractivity contribution in [2.24, 2.45) is 0 Å². The molecule has 2 aromatic carbocycles. The summed E-state index contributed by atoms with van der Waals surface area (Å²) in [5.41, 5.74) is 1.79. The van der Waals surface area contributed by atoms with Crippen LogP contribution in [0.1, 0.15) is 16.7 Å². The monoisotopic (exact) mass is 279 g/mol. The predicted molar refractivity (Wildman–Crippen MR) is 75.4 cm³/mol. The Morgan fingerprint density at radius 2 is 1.70 bits per heavy atom. The van der Waals surface area contributed by atoms with Crippen LogP contribution in [0.3, 0.4) is 0 Å². The predicted octanol–water partition coefficient (Wildman–Crippen LogP) is 3.94. The second-order valence-corrected chi connectivity index (χ2v) is 4.83. The summed E-state index contributed by atoms with van der Waals surface area (Å²) in [6.07, 6.45) is 0. The molecule has 2 rings (SSSR count). The van der Waals surface area contributed by atoms with E-state index in [9.17, 15) is 12.9 Å². The number of hydrogen-bond acceptors (Lipinski definition) is 1. The van der Waals surface area contributed by atoms with Gasteiger partial charge in [-0.2, -0.15) is 0 Å². The van der Waals surface area contributed by atoms with Crippen molar-refractivity contribution in [2.45, 2.75) is 20.5 Å². The van der Waals surface area contributed by atoms with Crippen molar-refractivity contribution < 1.29 is 17.7 Å². The molecule has 0 aliphatic rings. The topological polar surface area (TPSA) is 9.23 Å². The molecule has 0 heterocycles. The van der Waals surface area contributed by atoms with Crippen molar-refractivity contribution in [1.29, 1.82) is 0 Å². The van der Waals surface area contributed by atoms with Crippen molar-refractivity contribution in [3.63, 3.8) is 0 Å². The minimum absolute atomic E-state index is 0.105. The molecule has 0 radical (unpaired) electrons. The second-order valence-electron chi connectivity index (χ2n) is 4.83. The van der Waals surface area contributed by atoms with Crippen LogP contribution in [0.2, 0.25) is 0 Å². The summed E-state index contributed by atoms with van der Waals surface area (Å²) in [7, 11) is 0. The Labute approximate surface area is 116 Å². The number of halogens is 3. The van der Waals surface area contributed by atoms with Gasteiger partial charge < -0.3 is 17.7 Å². The third kappa shape index (κ3) is 3.35. The van der Waals surface area contributed by atoms with Crippen LogP contribution in [-0.2, 0) is 6.61 Å². The first-order chi connectivity index (χ1) is 9.38. The molecule has 0 amide bonds. The lowest BCUT2D eigenvalue weighted by Crippen LogP contribution is -2.35. The van der Waals surface area contributed by atoms with Crippen LogP contribution in [0.5, 0.6) is 5.75 Å². The van der Waals surface area contributed by atoms with Gasteiger partial charge in [-0.25, -0.2) is 0 Å². The molecule has 20 heavy (non-hydrogen) atoms. The van der Waals surface area contributed by atoms with E-state index in [0.717, 1.165) is 17.2 Å². The van der Waals surface area contributed by atoms with E-state index >= 15 is 0 Å². The normalized spacial score (nSPS) is 11.4. The second kappa shape index (κ2) is 5.61. The lowest BCUT2D eigenvalue weighted by molar-refractivity contribution is 0.306. The van der Waals surface area contributed by atoms with Crippen LogP contribution in [0.15, 0.2) is 42.5 Å². The summed E-state index contributed by atoms with van der Waals surface area (Å²) >= 11 is 0. The molecule has 1 nitrogen and oxygen atoms in total. The van der Waals surface area contributed by atoms with E-state index in [1.807, 2.05) is 31.2 Å². The van der Waals surface area contributed by atoms with E-state index in [1.165, 1.54) is 6.07 Å². The summed E-state index contributed by atoms with van der Waals surface area (Å²) in [6, 6.07) is 11.6. The molecular formula is C15H15BF3O-. The summed E-state index contributed by atoms with van der Waals surface area (Å²) in [5, 5.41) is 0. The van der Waals surface area contributed by atoms with Gasteiger partial charge in [0.1, 0.15) is 6.61 Å². The highest BCUT2D eigenvalue weighted by molar-refractivity contribution is 6.74. The number of benzene rings is 2. The maximum atomic E-state index is 13.0. The SMILES string of the molecule is Cc1ccc(OCc2ccccc2C)c([B-](F)(F)F)c1. The van der Waals surface area contributed by atoms with Crippen LogP contribution >= 0.6 is 0 Å². The van der Waals surface area contributed by atoms with Crippen molar-refractivity contribution in [3.05, 3.63) is 59.2 Å². The van der Waals surface area contributed by atoms with Crippen molar-refractivity contribution in [3.8, 4) is 5.75 Å². The summed E-state index contributed by atoms with van der Waals surface area (Å²) < 4.78 is 44.4. The Balaban J connectivity index is 2.24. The zero-order chi connectivity index (χ0) is 14.8. The van der Waals surface area contributed by atoms with Gasteiger partial charge in [0.25, 0.3) is 0 Å². The highest BCUT2D eigenvalue weighted by atomic mass is 19.4. The Bertz CT molecular complexity index is 608. The Hall–Kier alpha value is -1.91. The first kappa shape index (κ1) is 14.5. The maximum Gasteiger partial charge on any atom is 0.513 e. The van der Waals surface area contributed by atoms with Gasteiger partial charge in [0, 0.05) is 0 Å². The van der Waals surface area contributed by atoms with Crippen LogP contribution in [0, 0.1) is 13.8 Å². The number of hydrogen-bond donors (Lipinski definition) is 0. The molecule has 0 bridgehead atoms. The fourth-order valence-corrected chi connectivity index (χ4v) is 1.98. The molecule has 0 N–H and O–H groups in total. The van der Waals surface area contributed by atoms with E-state index in [4.69, 9.17) is 4.74 Å². The summed E-state index contributed by atoms with van der Waals surface area (Å²) in [4.78, 5) is 0. The average molecular weight is 279 g/mol. The molecule has 0 saturated heterocycles. The molecule has 106 valence electrons. The lowest BCUT2D eigenvalue weighted by atomic mass is 9.78. The fraction of sp³-hybridized carbons (Fsp3) is 0.200. The van der Waals surface area contributed by atoms with Gasteiger partial charge in [-0.3, -0.25) is 0 Å². The lowest BCUT2D eigenvalue weighted by Gasteiger charge is -2.20.